The molecule has 6 aromatic rings. The van der Waals surface area contributed by atoms with Crippen LogP contribution >= 0.6 is 15.9 Å². The number of phenolic OH excluding ortho intramolecular Hbond substituents is 2. The van der Waals surface area contributed by atoms with Crippen LogP contribution in [0.3, 0.4) is 0 Å². The molecule has 440 valence electrons. The van der Waals surface area contributed by atoms with Crippen molar-refractivity contribution in [3.05, 3.63) is 192 Å². The van der Waals surface area contributed by atoms with Crippen LogP contribution in [0, 0.1) is 23.5 Å². The molecular weight excluding hydrogens is 1110 g/mol. The molecule has 6 aliphatic heterocycles. The Morgan fingerprint density at radius 2 is 1.05 bits per heavy atom. The topological polar surface area (TPSA) is 181 Å². The summed E-state index contributed by atoms with van der Waals surface area (Å²) in [5, 5.41) is 25.4. The van der Waals surface area contributed by atoms with Gasteiger partial charge in [-0.05, 0) is 123 Å². The highest BCUT2D eigenvalue weighted by molar-refractivity contribution is 9.09. The van der Waals surface area contributed by atoms with E-state index in [4.69, 9.17) is 14.6 Å². The van der Waals surface area contributed by atoms with E-state index in [9.17, 15) is 37.9 Å². The van der Waals surface area contributed by atoms with Crippen LogP contribution in [0.5, 0.6) is 11.5 Å². The molecule has 0 amide bonds. The van der Waals surface area contributed by atoms with Crippen molar-refractivity contribution in [1.82, 2.24) is 4.90 Å². The van der Waals surface area contributed by atoms with Gasteiger partial charge in [-0.25, -0.2) is 18.4 Å². The summed E-state index contributed by atoms with van der Waals surface area (Å²) in [4.78, 5) is 62.7. The molecule has 12 rings (SSSR count). The maximum absolute atomic E-state index is 13.5. The molecule has 4 N–H and O–H groups in total. The van der Waals surface area contributed by atoms with Crippen LogP contribution in [0.15, 0.2) is 158 Å². The smallest absolute Gasteiger partial charge is 0.333 e. The minimum atomic E-state index is -0.741. The number of benzene rings is 6. The van der Waals surface area contributed by atoms with E-state index in [1.165, 1.54) is 49.4 Å². The van der Waals surface area contributed by atoms with Gasteiger partial charge in [0.1, 0.15) is 42.3 Å². The number of halogens is 3. The first kappa shape index (κ1) is 67.0. The molecule has 6 aliphatic rings. The summed E-state index contributed by atoms with van der Waals surface area (Å²) in [6.07, 6.45) is 3.67. The number of alkyl halides is 1. The molecule has 82 heavy (non-hydrogen) atoms. The molecular formula is C65H80BrF2N4O10+. The van der Waals surface area contributed by atoms with Gasteiger partial charge in [-0.1, -0.05) is 123 Å². The van der Waals surface area contributed by atoms with Crippen molar-refractivity contribution in [2.24, 2.45) is 11.8 Å². The van der Waals surface area contributed by atoms with Crippen LogP contribution in [-0.2, 0) is 28.6 Å². The fraction of sp³-hybridized carbons (Fsp3) is 0.369. The average Bonchev–Trinajstić information content (AvgIpc) is 3.43. The van der Waals surface area contributed by atoms with Crippen molar-refractivity contribution in [3.8, 4) is 11.5 Å². The third-order valence-corrected chi connectivity index (χ3v) is 15.0. The molecule has 17 heteroatoms. The minimum absolute atomic E-state index is 0. The number of nitrogens with zero attached hydrogens (tertiary/aromatic N) is 2. The number of ether oxygens (including phenoxy) is 3. The predicted molar refractivity (Wildman–Crippen MR) is 321 cm³/mol. The van der Waals surface area contributed by atoms with E-state index < -0.39 is 12.1 Å². The summed E-state index contributed by atoms with van der Waals surface area (Å²) < 4.78 is 43.6. The standard InChI is InChI=1S/C29H29FN2O4.C21H23FN2O2.C8H7BrO2.C4H8O2.3CH4/c30-23-9-11-24(12-10-23)31-28(21-5-2-1-3-6-21)29(35)36-27-19-32(15-13-20(27)14-16-32)18-26(34)22-7-4-8-25(33)17-22;22-17-6-8-18(9-7-17)23-20(16-4-2-1-3-5-16)21(25)26-19-14-24-12-10-15(19)11-13-24;9-5-8(11)6-2-1-3-7(10)4-6;1-3-6-4(2)5;;;/h1-12,17,20,27-28,31H,13-16,18-19H2;1-9,15,19-20,23H,10-14H2;1-4,10H,5H2;3H2,1-2H3;3*1H4/p+1/t20?,27-,28+,32?;19-,20+;;;;;/m00...../s1. The number of anilines is 2. The van der Waals surface area contributed by atoms with Crippen molar-refractivity contribution in [2.45, 2.75) is 86.1 Å². The number of phenols is 2. The second kappa shape index (κ2) is 32.8. The van der Waals surface area contributed by atoms with Crippen LogP contribution in [0.2, 0.25) is 0 Å². The van der Waals surface area contributed by atoms with Crippen molar-refractivity contribution >= 4 is 56.8 Å². The van der Waals surface area contributed by atoms with Gasteiger partial charge in [-0.2, -0.15) is 0 Å². The molecule has 4 bridgehead atoms. The van der Waals surface area contributed by atoms with Gasteiger partial charge in [0.25, 0.3) is 0 Å². The molecule has 6 saturated heterocycles. The molecule has 0 unspecified atom stereocenters. The molecule has 14 nitrogen and oxygen atoms in total. The number of aromatic hydroxyl groups is 2. The predicted octanol–water partition coefficient (Wildman–Crippen LogP) is 12.8. The average molecular weight is 1200 g/mol. The first-order chi connectivity index (χ1) is 38.1. The maximum Gasteiger partial charge on any atom is 0.333 e. The number of rotatable bonds is 16. The van der Waals surface area contributed by atoms with Crippen LogP contribution in [0.25, 0.3) is 0 Å². The molecule has 0 aromatic heterocycles. The zero-order chi connectivity index (χ0) is 56.3. The summed E-state index contributed by atoms with van der Waals surface area (Å²) in [7, 11) is 0. The number of Topliss-reactive ketones (excluding diaryl/α,β-unsaturated/α-hetero) is 2. The Hall–Kier alpha value is -7.47. The number of hydrogen-bond donors (Lipinski definition) is 4. The first-order valence-electron chi connectivity index (χ1n) is 26.6. The van der Waals surface area contributed by atoms with Crippen molar-refractivity contribution in [2.75, 3.05) is 68.4 Å². The van der Waals surface area contributed by atoms with E-state index in [-0.39, 0.29) is 98.3 Å². The normalized spacial score (nSPS) is 20.3. The number of carbonyl (C=O) groups is 5. The van der Waals surface area contributed by atoms with Gasteiger partial charge in [-0.15, -0.1) is 0 Å². The lowest BCUT2D eigenvalue weighted by Crippen LogP contribution is -2.65. The lowest BCUT2D eigenvalue weighted by molar-refractivity contribution is -0.938. The lowest BCUT2D eigenvalue weighted by atomic mass is 9.82. The Morgan fingerprint density at radius 3 is 1.44 bits per heavy atom. The fourth-order valence-corrected chi connectivity index (χ4v) is 10.7. The van der Waals surface area contributed by atoms with E-state index in [1.807, 2.05) is 60.7 Å². The van der Waals surface area contributed by atoms with Crippen LogP contribution in [0.1, 0.15) is 106 Å². The number of esters is 3. The summed E-state index contributed by atoms with van der Waals surface area (Å²) in [5.41, 5.74) is 3.93. The molecule has 0 radical (unpaired) electrons. The highest BCUT2D eigenvalue weighted by Crippen LogP contribution is 2.37. The van der Waals surface area contributed by atoms with E-state index >= 15 is 0 Å². The third-order valence-electron chi connectivity index (χ3n) is 14.5. The van der Waals surface area contributed by atoms with E-state index in [1.54, 1.807) is 61.5 Å². The zero-order valence-electron chi connectivity index (χ0n) is 44.4. The van der Waals surface area contributed by atoms with Gasteiger partial charge in [0.05, 0.1) is 25.0 Å². The second-order valence-corrected chi connectivity index (χ2v) is 20.6. The molecule has 0 saturated carbocycles. The van der Waals surface area contributed by atoms with Crippen LogP contribution in [0.4, 0.5) is 20.2 Å². The van der Waals surface area contributed by atoms with E-state index in [0.29, 0.717) is 52.6 Å². The minimum Gasteiger partial charge on any atom is -0.508 e. The number of nitrogens with one attached hydrogen (secondary N) is 2. The van der Waals surface area contributed by atoms with E-state index in [0.717, 1.165) is 69.5 Å². The van der Waals surface area contributed by atoms with Gasteiger partial charge in [-0.3, -0.25) is 19.3 Å². The Balaban J connectivity index is 0.000000273. The first-order valence-corrected chi connectivity index (χ1v) is 27.7. The number of ketones is 2. The summed E-state index contributed by atoms with van der Waals surface area (Å²) in [6.45, 7) is 9.36. The van der Waals surface area contributed by atoms with Crippen LogP contribution < -0.4 is 10.6 Å². The molecule has 4 atom stereocenters. The Morgan fingerprint density at radius 1 is 0.610 bits per heavy atom. The van der Waals surface area contributed by atoms with E-state index in [2.05, 4.69) is 36.2 Å². The second-order valence-electron chi connectivity index (χ2n) is 20.1. The summed E-state index contributed by atoms with van der Waals surface area (Å²) in [5.74, 6) is -0.640. The van der Waals surface area contributed by atoms with Gasteiger partial charge in [0.15, 0.2) is 24.0 Å². The highest BCUT2D eigenvalue weighted by Gasteiger charge is 2.49. The molecule has 6 fully saturated rings. The fourth-order valence-electron chi connectivity index (χ4n) is 10.4. The molecule has 6 heterocycles. The number of carbonyl (C=O) groups excluding carboxylic acids is 5. The van der Waals surface area contributed by atoms with Gasteiger partial charge < -0.3 is 39.5 Å². The Bertz CT molecular complexity index is 2940. The summed E-state index contributed by atoms with van der Waals surface area (Å²) >= 11 is 3.04. The van der Waals surface area contributed by atoms with Crippen LogP contribution in [-0.4, -0.2) is 119 Å². The monoisotopic (exact) mass is 1190 g/mol. The van der Waals surface area contributed by atoms with Crippen molar-refractivity contribution in [1.29, 1.82) is 0 Å². The zero-order valence-corrected chi connectivity index (χ0v) is 45.9. The Labute approximate surface area is 490 Å². The van der Waals surface area contributed by atoms with Gasteiger partial charge in [0.2, 0.25) is 5.78 Å². The molecule has 6 aromatic carbocycles. The number of hydrogen-bond acceptors (Lipinski definition) is 13. The number of quaternary nitrogens is 1. The Kier molecular flexibility index (Phi) is 26.8. The van der Waals surface area contributed by atoms with Crippen molar-refractivity contribution in [3.63, 3.8) is 0 Å². The summed E-state index contributed by atoms with van der Waals surface area (Å²) in [6, 6.07) is 42.1. The molecule has 0 spiro atoms. The number of fused-ring (bicyclic) bond motifs is 6. The van der Waals surface area contributed by atoms with Gasteiger partial charge in [0, 0.05) is 54.7 Å². The SMILES string of the molecule is C.C.C.CCOC(C)=O.O=C(CBr)c1cccc(O)c1.O=C(C[N+]12CCC(CC1)[C@@H](OC(=O)[C@H](Nc1ccc(F)cc1)c1ccccc1)C2)c1cccc(O)c1.O=C(O[C@H]1CN2CCC1CC2)[C@H](Nc1ccc(F)cc1)c1ccccc1. The molecule has 0 aliphatic carbocycles. The third kappa shape index (κ3) is 19.6. The lowest BCUT2D eigenvalue weighted by Gasteiger charge is -2.51. The maximum atomic E-state index is 13.5. The largest absolute Gasteiger partial charge is 0.508 e. The quantitative estimate of drug-likeness (QED) is 0.0237. The number of piperidine rings is 6. The van der Waals surface area contributed by atoms with Gasteiger partial charge >= 0.3 is 17.9 Å². The van der Waals surface area contributed by atoms with Crippen molar-refractivity contribution < 1.29 is 61.7 Å². The highest BCUT2D eigenvalue weighted by atomic mass is 79.9.